The summed E-state index contributed by atoms with van der Waals surface area (Å²) >= 11 is 1.89. The number of nitrogens with zero attached hydrogens (tertiary/aromatic N) is 1. The van der Waals surface area contributed by atoms with E-state index in [1.807, 2.05) is 36.0 Å². The van der Waals surface area contributed by atoms with E-state index < -0.39 is 11.0 Å². The number of nitrogens with one attached hydrogen (secondary N) is 1. The lowest BCUT2D eigenvalue weighted by Gasteiger charge is -2.47. The fraction of sp³-hybridized carbons (Fsp3) is 0.462. The first-order chi connectivity index (χ1) is 15.2. The van der Waals surface area contributed by atoms with Gasteiger partial charge in [0.15, 0.2) is 0 Å². The molecule has 1 saturated carbocycles. The first-order valence-electron chi connectivity index (χ1n) is 11.5. The van der Waals surface area contributed by atoms with E-state index in [1.54, 1.807) is 0 Å². The Bertz CT molecular complexity index is 1040. The van der Waals surface area contributed by atoms with Crippen LogP contribution < -0.4 is 5.32 Å². The molecule has 2 aromatic rings. The molecule has 4 atom stereocenters. The van der Waals surface area contributed by atoms with E-state index in [-0.39, 0.29) is 17.9 Å². The first kappa shape index (κ1) is 19.6. The van der Waals surface area contributed by atoms with Crippen LogP contribution >= 0.6 is 11.8 Å². The molecule has 3 aliphatic heterocycles. The summed E-state index contributed by atoms with van der Waals surface area (Å²) in [4.78, 5) is 30.8. The maximum absolute atomic E-state index is 14.3. The minimum absolute atomic E-state index is 0.00792. The number of para-hydroxylation sites is 1. The van der Waals surface area contributed by atoms with Crippen LogP contribution in [0.25, 0.3) is 0 Å². The fourth-order valence-corrected chi connectivity index (χ4v) is 8.44. The van der Waals surface area contributed by atoms with Crippen LogP contribution in [-0.4, -0.2) is 34.3 Å². The molecule has 6 rings (SSSR count). The first-order valence-corrected chi connectivity index (χ1v) is 12.7. The summed E-state index contributed by atoms with van der Waals surface area (Å²) in [7, 11) is 0. The number of ketones is 1. The fourth-order valence-electron chi connectivity index (χ4n) is 7.14. The van der Waals surface area contributed by atoms with Crippen LogP contribution in [0.2, 0.25) is 0 Å². The lowest BCUT2D eigenvalue weighted by Crippen LogP contribution is -2.59. The standard InChI is InChI=1S/C26H28N2O2S/c29-22-14-6-1-2-9-15-25(22)23(18-10-4-3-5-11-18)21-16-31-17-28(21)26(25)19-12-7-8-13-20(19)27-24(26)30/h3-5,7-8,10-13,21,23H,1-2,6,9,14-17H2,(H,27,30)/t21-,23-,25+,26-/m0/s1. The number of benzene rings is 2. The molecule has 5 heteroatoms. The molecular weight excluding hydrogens is 404 g/mol. The molecule has 0 bridgehead atoms. The van der Waals surface area contributed by atoms with E-state index >= 15 is 0 Å². The quantitative estimate of drug-likeness (QED) is 0.695. The number of carbonyl (C=O) groups excluding carboxylic acids is 2. The smallest absolute Gasteiger partial charge is 0.250 e. The van der Waals surface area contributed by atoms with Crippen LogP contribution in [0.5, 0.6) is 0 Å². The lowest BCUT2D eigenvalue weighted by molar-refractivity contribution is -0.146. The summed E-state index contributed by atoms with van der Waals surface area (Å²) in [5.41, 5.74) is 1.47. The second-order valence-corrected chi connectivity index (χ2v) is 10.4. The van der Waals surface area contributed by atoms with Crippen molar-refractivity contribution in [3.63, 3.8) is 0 Å². The molecule has 1 amide bonds. The molecule has 31 heavy (non-hydrogen) atoms. The Balaban J connectivity index is 1.68. The molecule has 4 aliphatic rings. The Morgan fingerprint density at radius 2 is 1.71 bits per heavy atom. The third-order valence-corrected chi connectivity index (χ3v) is 9.22. The predicted molar refractivity (Wildman–Crippen MR) is 124 cm³/mol. The van der Waals surface area contributed by atoms with Gasteiger partial charge in [0.25, 0.3) is 5.91 Å². The zero-order valence-electron chi connectivity index (χ0n) is 17.7. The Morgan fingerprint density at radius 1 is 0.935 bits per heavy atom. The largest absolute Gasteiger partial charge is 0.324 e. The van der Waals surface area contributed by atoms with E-state index in [9.17, 15) is 9.59 Å². The van der Waals surface area contributed by atoms with Crippen molar-refractivity contribution in [3.8, 4) is 0 Å². The number of anilines is 1. The number of amides is 1. The number of Topliss-reactive ketones (excluding diaryl/α,β-unsaturated/α-hetero) is 1. The Morgan fingerprint density at radius 3 is 2.58 bits per heavy atom. The molecule has 3 fully saturated rings. The van der Waals surface area contributed by atoms with Crippen LogP contribution in [0, 0.1) is 5.41 Å². The molecule has 4 nitrogen and oxygen atoms in total. The van der Waals surface area contributed by atoms with E-state index in [2.05, 4.69) is 40.5 Å². The van der Waals surface area contributed by atoms with Gasteiger partial charge in [0.1, 0.15) is 11.3 Å². The van der Waals surface area contributed by atoms with Gasteiger partial charge in [-0.2, -0.15) is 0 Å². The van der Waals surface area contributed by atoms with Crippen LogP contribution in [0.1, 0.15) is 55.6 Å². The number of rotatable bonds is 1. The summed E-state index contributed by atoms with van der Waals surface area (Å²) in [6.45, 7) is 0. The van der Waals surface area contributed by atoms with Crippen molar-refractivity contribution >= 4 is 29.1 Å². The zero-order valence-corrected chi connectivity index (χ0v) is 18.5. The van der Waals surface area contributed by atoms with Crippen molar-refractivity contribution in [2.75, 3.05) is 16.9 Å². The van der Waals surface area contributed by atoms with E-state index in [4.69, 9.17) is 0 Å². The van der Waals surface area contributed by atoms with Crippen molar-refractivity contribution in [2.24, 2.45) is 5.41 Å². The molecule has 3 heterocycles. The van der Waals surface area contributed by atoms with Crippen LogP contribution in [0.15, 0.2) is 54.6 Å². The van der Waals surface area contributed by atoms with Crippen molar-refractivity contribution in [3.05, 3.63) is 65.7 Å². The second kappa shape index (κ2) is 7.21. The number of hydrogen-bond acceptors (Lipinski definition) is 4. The lowest BCUT2D eigenvalue weighted by atomic mass is 9.55. The molecule has 0 radical (unpaired) electrons. The SMILES string of the molecule is O=C1Nc2ccccc2[C@]12N1CSC[C@H]1[C@H](c1ccccc1)[C@]21CCCCCCC1=O. The van der Waals surface area contributed by atoms with Gasteiger partial charge in [-0.05, 0) is 24.5 Å². The van der Waals surface area contributed by atoms with E-state index in [0.717, 1.165) is 55.0 Å². The molecule has 0 unspecified atom stereocenters. The third kappa shape index (κ3) is 2.42. The van der Waals surface area contributed by atoms with Gasteiger partial charge in [-0.25, -0.2) is 0 Å². The number of carbonyl (C=O) groups is 2. The monoisotopic (exact) mass is 432 g/mol. The summed E-state index contributed by atoms with van der Waals surface area (Å²) in [6.07, 6.45) is 5.53. The van der Waals surface area contributed by atoms with Gasteiger partial charge in [-0.15, -0.1) is 11.8 Å². The van der Waals surface area contributed by atoms with Crippen molar-refractivity contribution < 1.29 is 9.59 Å². The highest BCUT2D eigenvalue weighted by Gasteiger charge is 2.76. The highest BCUT2D eigenvalue weighted by Crippen LogP contribution is 2.69. The number of thioether (sulfide) groups is 1. The normalized spacial score (nSPS) is 35.1. The molecule has 2 spiro atoms. The molecule has 2 aromatic carbocycles. The molecular formula is C26H28N2O2S. The van der Waals surface area contributed by atoms with Gasteiger partial charge in [-0.3, -0.25) is 14.5 Å². The van der Waals surface area contributed by atoms with Crippen molar-refractivity contribution in [1.29, 1.82) is 0 Å². The van der Waals surface area contributed by atoms with Crippen LogP contribution in [0.4, 0.5) is 5.69 Å². The summed E-state index contributed by atoms with van der Waals surface area (Å²) in [6, 6.07) is 18.8. The maximum Gasteiger partial charge on any atom is 0.250 e. The summed E-state index contributed by atoms with van der Waals surface area (Å²) in [5, 5.41) is 3.20. The molecule has 0 aromatic heterocycles. The molecule has 1 aliphatic carbocycles. The van der Waals surface area contributed by atoms with Gasteiger partial charge in [0.05, 0.1) is 5.41 Å². The molecule has 160 valence electrons. The molecule has 2 saturated heterocycles. The third-order valence-electron chi connectivity index (χ3n) is 8.19. The second-order valence-electron chi connectivity index (χ2n) is 9.44. The van der Waals surface area contributed by atoms with Gasteiger partial charge >= 0.3 is 0 Å². The highest BCUT2D eigenvalue weighted by molar-refractivity contribution is 7.99. The zero-order chi connectivity index (χ0) is 21.1. The van der Waals surface area contributed by atoms with Gasteiger partial charge in [0, 0.05) is 41.3 Å². The highest BCUT2D eigenvalue weighted by atomic mass is 32.2. The van der Waals surface area contributed by atoms with Crippen LogP contribution in [-0.2, 0) is 15.1 Å². The van der Waals surface area contributed by atoms with Crippen molar-refractivity contribution in [2.45, 2.75) is 56.0 Å². The van der Waals surface area contributed by atoms with Gasteiger partial charge < -0.3 is 5.32 Å². The average Bonchev–Trinajstić information content (AvgIpc) is 3.42. The van der Waals surface area contributed by atoms with E-state index in [1.165, 1.54) is 5.56 Å². The van der Waals surface area contributed by atoms with Crippen LogP contribution in [0.3, 0.4) is 0 Å². The van der Waals surface area contributed by atoms with Crippen molar-refractivity contribution in [1.82, 2.24) is 4.90 Å². The summed E-state index contributed by atoms with van der Waals surface area (Å²) < 4.78 is 0. The Labute approximate surface area is 187 Å². The maximum atomic E-state index is 14.3. The topological polar surface area (TPSA) is 49.4 Å². The Kier molecular flexibility index (Phi) is 4.55. The number of hydrogen-bond donors (Lipinski definition) is 1. The Hall–Kier alpha value is -2.11. The summed E-state index contributed by atoms with van der Waals surface area (Å²) in [5.74, 6) is 2.10. The average molecular weight is 433 g/mol. The number of fused-ring (bicyclic) bond motifs is 5. The minimum Gasteiger partial charge on any atom is -0.324 e. The van der Waals surface area contributed by atoms with Gasteiger partial charge in [-0.1, -0.05) is 67.8 Å². The molecule has 1 N–H and O–H groups in total. The van der Waals surface area contributed by atoms with E-state index in [0.29, 0.717) is 12.2 Å². The van der Waals surface area contributed by atoms with Gasteiger partial charge in [0.2, 0.25) is 0 Å². The predicted octanol–water partition coefficient (Wildman–Crippen LogP) is 4.92. The minimum atomic E-state index is -0.910.